The molecule has 1 saturated heterocycles. The number of amides is 2. The predicted molar refractivity (Wildman–Crippen MR) is 60.4 cm³/mol. The third kappa shape index (κ3) is 1.38. The fourth-order valence-electron chi connectivity index (χ4n) is 2.30. The number of rotatable bonds is 1. The van der Waals surface area contributed by atoms with Crippen LogP contribution in [0.4, 0.5) is 11.4 Å². The highest BCUT2D eigenvalue weighted by Gasteiger charge is 2.24. The van der Waals surface area contributed by atoms with Gasteiger partial charge in [0.1, 0.15) is 0 Å². The largest absolute Gasteiger partial charge is 0.326 e. The van der Waals surface area contributed by atoms with Crippen LogP contribution in [0.25, 0.3) is 0 Å². The molecule has 3 rings (SSSR count). The molecule has 4 nitrogen and oxygen atoms in total. The smallest absolute Gasteiger partial charge is 0.228 e. The van der Waals surface area contributed by atoms with Crippen LogP contribution in [0.1, 0.15) is 18.4 Å². The van der Waals surface area contributed by atoms with Crippen molar-refractivity contribution in [2.75, 3.05) is 16.8 Å². The minimum absolute atomic E-state index is 0.0277. The second-order valence-corrected chi connectivity index (χ2v) is 4.22. The molecule has 1 aromatic carbocycles. The predicted octanol–water partition coefficient (Wildman–Crippen LogP) is 1.31. The quantitative estimate of drug-likeness (QED) is 0.769. The molecular formula is C12H12N2O2. The van der Waals surface area contributed by atoms with Crippen LogP contribution in [0.5, 0.6) is 0 Å². The van der Waals surface area contributed by atoms with Crippen molar-refractivity contribution in [1.82, 2.24) is 0 Å². The molecule has 0 atom stereocenters. The number of benzene rings is 1. The molecule has 0 aromatic heterocycles. The van der Waals surface area contributed by atoms with E-state index < -0.39 is 0 Å². The fraction of sp³-hybridized carbons (Fsp3) is 0.333. The molecule has 0 radical (unpaired) electrons. The zero-order valence-corrected chi connectivity index (χ0v) is 8.82. The van der Waals surface area contributed by atoms with Crippen LogP contribution in [0, 0.1) is 0 Å². The Morgan fingerprint density at radius 3 is 2.88 bits per heavy atom. The number of nitrogens with one attached hydrogen (secondary N) is 1. The Labute approximate surface area is 93.2 Å². The lowest BCUT2D eigenvalue weighted by Gasteiger charge is -2.16. The van der Waals surface area contributed by atoms with Crippen molar-refractivity contribution in [3.63, 3.8) is 0 Å². The second-order valence-electron chi connectivity index (χ2n) is 4.22. The van der Waals surface area contributed by atoms with Crippen molar-refractivity contribution >= 4 is 23.2 Å². The summed E-state index contributed by atoms with van der Waals surface area (Å²) in [7, 11) is 0. The molecule has 2 heterocycles. The fourth-order valence-corrected chi connectivity index (χ4v) is 2.30. The van der Waals surface area contributed by atoms with Crippen molar-refractivity contribution in [3.8, 4) is 0 Å². The van der Waals surface area contributed by atoms with E-state index in [1.54, 1.807) is 4.90 Å². The lowest BCUT2D eigenvalue weighted by molar-refractivity contribution is -0.117. The van der Waals surface area contributed by atoms with Crippen molar-refractivity contribution in [2.24, 2.45) is 0 Å². The second kappa shape index (κ2) is 3.33. The Balaban J connectivity index is 1.95. The maximum Gasteiger partial charge on any atom is 0.228 e. The molecule has 1 N–H and O–H groups in total. The van der Waals surface area contributed by atoms with E-state index in [0.29, 0.717) is 12.8 Å². The number of hydrogen-bond donors (Lipinski definition) is 1. The summed E-state index contributed by atoms with van der Waals surface area (Å²) in [6.45, 7) is 0.791. The van der Waals surface area contributed by atoms with Gasteiger partial charge in [-0.05, 0) is 30.2 Å². The van der Waals surface area contributed by atoms with E-state index in [-0.39, 0.29) is 11.8 Å². The summed E-state index contributed by atoms with van der Waals surface area (Å²) in [6, 6.07) is 5.71. The van der Waals surface area contributed by atoms with E-state index in [2.05, 4.69) is 5.32 Å². The van der Waals surface area contributed by atoms with E-state index in [9.17, 15) is 9.59 Å². The van der Waals surface area contributed by atoms with Gasteiger partial charge < -0.3 is 10.2 Å². The maximum atomic E-state index is 11.6. The molecule has 2 aliphatic heterocycles. The molecule has 1 aromatic rings. The first-order valence-electron chi connectivity index (χ1n) is 5.47. The first-order chi connectivity index (χ1) is 7.74. The van der Waals surface area contributed by atoms with Gasteiger partial charge in [-0.25, -0.2) is 0 Å². The highest BCUT2D eigenvalue weighted by molar-refractivity contribution is 6.01. The molecule has 2 amide bonds. The average molecular weight is 216 g/mol. The Morgan fingerprint density at radius 2 is 2.12 bits per heavy atom. The van der Waals surface area contributed by atoms with Crippen LogP contribution in [0.15, 0.2) is 18.2 Å². The molecule has 4 heteroatoms. The molecule has 0 aliphatic carbocycles. The van der Waals surface area contributed by atoms with Gasteiger partial charge in [-0.3, -0.25) is 9.59 Å². The highest BCUT2D eigenvalue weighted by Crippen LogP contribution is 2.29. The van der Waals surface area contributed by atoms with Gasteiger partial charge in [-0.1, -0.05) is 0 Å². The summed E-state index contributed by atoms with van der Waals surface area (Å²) < 4.78 is 0. The number of carbonyl (C=O) groups is 2. The monoisotopic (exact) mass is 216 g/mol. The highest BCUT2D eigenvalue weighted by atomic mass is 16.2. The van der Waals surface area contributed by atoms with Crippen LogP contribution in [0.3, 0.4) is 0 Å². The Morgan fingerprint density at radius 1 is 1.25 bits per heavy atom. The standard InChI is InChI=1S/C12H12N2O2/c15-11-7-8-6-9(3-4-10(8)13-11)14-5-1-2-12(14)16/h3-4,6H,1-2,5,7H2,(H,13,15). The molecule has 0 unspecified atom stereocenters. The third-order valence-electron chi connectivity index (χ3n) is 3.10. The Kier molecular flexibility index (Phi) is 1.96. The van der Waals surface area contributed by atoms with Gasteiger partial charge in [0.25, 0.3) is 0 Å². The first kappa shape index (κ1) is 9.39. The summed E-state index contributed by atoms with van der Waals surface area (Å²) in [6.07, 6.45) is 1.98. The van der Waals surface area contributed by atoms with Crippen LogP contribution in [-0.2, 0) is 16.0 Å². The van der Waals surface area contributed by atoms with Crippen LogP contribution in [0.2, 0.25) is 0 Å². The van der Waals surface area contributed by atoms with Crippen molar-refractivity contribution in [1.29, 1.82) is 0 Å². The van der Waals surface area contributed by atoms with E-state index in [1.807, 2.05) is 18.2 Å². The molecule has 82 valence electrons. The van der Waals surface area contributed by atoms with Gasteiger partial charge in [0, 0.05) is 24.3 Å². The third-order valence-corrected chi connectivity index (χ3v) is 3.10. The molecule has 0 bridgehead atoms. The van der Waals surface area contributed by atoms with Crippen molar-refractivity contribution in [2.45, 2.75) is 19.3 Å². The molecule has 0 spiro atoms. The lowest BCUT2D eigenvalue weighted by atomic mass is 10.1. The van der Waals surface area contributed by atoms with E-state index in [1.165, 1.54) is 0 Å². The summed E-state index contributed by atoms with van der Waals surface area (Å²) >= 11 is 0. The number of fused-ring (bicyclic) bond motifs is 1. The van der Waals surface area contributed by atoms with Gasteiger partial charge in [-0.15, -0.1) is 0 Å². The lowest BCUT2D eigenvalue weighted by Crippen LogP contribution is -2.23. The number of nitrogens with zero attached hydrogens (tertiary/aromatic N) is 1. The van der Waals surface area contributed by atoms with Crippen LogP contribution >= 0.6 is 0 Å². The number of anilines is 2. The average Bonchev–Trinajstić information content (AvgIpc) is 2.81. The van der Waals surface area contributed by atoms with Crippen molar-refractivity contribution < 1.29 is 9.59 Å². The summed E-state index contributed by atoms with van der Waals surface area (Å²) in [5.74, 6) is 0.206. The molecule has 16 heavy (non-hydrogen) atoms. The Bertz CT molecular complexity index is 482. The number of hydrogen-bond acceptors (Lipinski definition) is 2. The SMILES string of the molecule is O=C1Cc2cc(N3CCCC3=O)ccc2N1. The number of carbonyl (C=O) groups excluding carboxylic acids is 2. The molecular weight excluding hydrogens is 204 g/mol. The normalized spacial score (nSPS) is 18.9. The van der Waals surface area contributed by atoms with E-state index in [4.69, 9.17) is 0 Å². The van der Waals surface area contributed by atoms with Crippen molar-refractivity contribution in [3.05, 3.63) is 23.8 Å². The molecule has 2 aliphatic rings. The van der Waals surface area contributed by atoms with Gasteiger partial charge in [-0.2, -0.15) is 0 Å². The van der Waals surface area contributed by atoms with Gasteiger partial charge >= 0.3 is 0 Å². The van der Waals surface area contributed by atoms with E-state index in [0.717, 1.165) is 29.9 Å². The van der Waals surface area contributed by atoms with Gasteiger partial charge in [0.05, 0.1) is 6.42 Å². The zero-order chi connectivity index (χ0) is 11.1. The zero-order valence-electron chi connectivity index (χ0n) is 8.82. The minimum atomic E-state index is 0.0277. The Hall–Kier alpha value is -1.84. The summed E-state index contributed by atoms with van der Waals surface area (Å²) in [5.41, 5.74) is 2.78. The van der Waals surface area contributed by atoms with Gasteiger partial charge in [0.2, 0.25) is 11.8 Å². The van der Waals surface area contributed by atoms with Crippen LogP contribution < -0.4 is 10.2 Å². The summed E-state index contributed by atoms with van der Waals surface area (Å²) in [4.78, 5) is 24.6. The topological polar surface area (TPSA) is 49.4 Å². The maximum absolute atomic E-state index is 11.6. The first-order valence-corrected chi connectivity index (χ1v) is 5.47. The molecule has 0 saturated carbocycles. The molecule has 1 fully saturated rings. The minimum Gasteiger partial charge on any atom is -0.326 e. The van der Waals surface area contributed by atoms with Gasteiger partial charge in [0.15, 0.2) is 0 Å². The van der Waals surface area contributed by atoms with E-state index >= 15 is 0 Å². The summed E-state index contributed by atoms with van der Waals surface area (Å²) in [5, 5.41) is 2.78. The van der Waals surface area contributed by atoms with Crippen LogP contribution in [-0.4, -0.2) is 18.4 Å².